The van der Waals surface area contributed by atoms with Crippen LogP contribution in [0, 0.1) is 12.8 Å². The highest BCUT2D eigenvalue weighted by molar-refractivity contribution is 7.89. The summed E-state index contributed by atoms with van der Waals surface area (Å²) in [6.45, 7) is 9.89. The summed E-state index contributed by atoms with van der Waals surface area (Å²) >= 11 is 1.49. The number of thiazole rings is 1. The predicted molar refractivity (Wildman–Crippen MR) is 149 cm³/mol. The fraction of sp³-hybridized carbons (Fsp3) is 0.481. The molecule has 37 heavy (non-hydrogen) atoms. The average Bonchev–Trinajstić information content (AvgIpc) is 3.35. The van der Waals surface area contributed by atoms with E-state index < -0.39 is 10.0 Å². The van der Waals surface area contributed by atoms with Crippen molar-refractivity contribution in [3.63, 3.8) is 0 Å². The lowest BCUT2D eigenvalue weighted by Gasteiger charge is -2.33. The Balaban J connectivity index is 1.53. The first-order chi connectivity index (χ1) is 17.8. The van der Waals surface area contributed by atoms with Crippen molar-refractivity contribution in [1.29, 1.82) is 0 Å². The third-order valence-corrected chi connectivity index (χ3v) is 10.0. The molecule has 0 spiro atoms. The van der Waals surface area contributed by atoms with Crippen LogP contribution in [0.1, 0.15) is 32.3 Å². The first kappa shape index (κ1) is 27.5. The SMILES string of the molecule is CCN(CC)CCN(C(=O)C1CCN(S(=O)(=O)c2ccc(C)cc2)CC1)c1nc2c(OC)cccc2s1. The molecule has 10 heteroatoms. The van der Waals surface area contributed by atoms with Gasteiger partial charge in [-0.05, 0) is 57.1 Å². The Hall–Kier alpha value is -2.53. The van der Waals surface area contributed by atoms with Gasteiger partial charge < -0.3 is 9.64 Å². The maximum Gasteiger partial charge on any atom is 0.243 e. The second kappa shape index (κ2) is 11.9. The third kappa shape index (κ3) is 5.98. The number of nitrogens with zero attached hydrogens (tertiary/aromatic N) is 4. The predicted octanol–water partition coefficient (Wildman–Crippen LogP) is 4.39. The molecule has 2 heterocycles. The Labute approximate surface area is 223 Å². The summed E-state index contributed by atoms with van der Waals surface area (Å²) in [4.78, 5) is 23.0. The maximum absolute atomic E-state index is 13.9. The molecule has 0 unspecified atom stereocenters. The van der Waals surface area contributed by atoms with Crippen LogP contribution >= 0.6 is 11.3 Å². The van der Waals surface area contributed by atoms with E-state index in [2.05, 4.69) is 18.7 Å². The van der Waals surface area contributed by atoms with Crippen molar-refractivity contribution >= 4 is 42.6 Å². The molecule has 200 valence electrons. The molecule has 1 amide bonds. The molecule has 0 atom stereocenters. The lowest BCUT2D eigenvalue weighted by molar-refractivity contribution is -0.123. The van der Waals surface area contributed by atoms with Gasteiger partial charge in [-0.15, -0.1) is 0 Å². The number of ether oxygens (including phenoxy) is 1. The summed E-state index contributed by atoms with van der Waals surface area (Å²) in [6.07, 6.45) is 0.972. The van der Waals surface area contributed by atoms with E-state index in [0.29, 0.717) is 48.3 Å². The summed E-state index contributed by atoms with van der Waals surface area (Å²) in [5.74, 6) is 0.443. The number of amides is 1. The third-order valence-electron chi connectivity index (χ3n) is 7.08. The summed E-state index contributed by atoms with van der Waals surface area (Å²) in [5, 5.41) is 0.659. The number of sulfonamides is 1. The van der Waals surface area contributed by atoms with Crippen LogP contribution in [-0.2, 0) is 14.8 Å². The number of hydrogen-bond acceptors (Lipinski definition) is 7. The lowest BCUT2D eigenvalue weighted by atomic mass is 9.96. The van der Waals surface area contributed by atoms with Crippen molar-refractivity contribution in [2.75, 3.05) is 51.3 Å². The standard InChI is InChI=1S/C27H36N4O4S2/c1-5-29(6-2)18-19-31(27-28-25-23(35-4)8-7-9-24(25)36-27)26(32)21-14-16-30(17-15-21)37(33,34)22-12-10-20(3)11-13-22/h7-13,21H,5-6,14-19H2,1-4H3. The normalized spacial score (nSPS) is 15.4. The quantitative estimate of drug-likeness (QED) is 0.377. The molecule has 2 aromatic carbocycles. The fourth-order valence-electron chi connectivity index (χ4n) is 4.70. The number of hydrogen-bond donors (Lipinski definition) is 0. The Morgan fingerprint density at radius 3 is 2.38 bits per heavy atom. The van der Waals surface area contributed by atoms with Crippen LogP contribution in [0.4, 0.5) is 5.13 Å². The fourth-order valence-corrected chi connectivity index (χ4v) is 7.18. The lowest BCUT2D eigenvalue weighted by Crippen LogP contribution is -2.46. The minimum absolute atomic E-state index is 0.0116. The van der Waals surface area contributed by atoms with Gasteiger partial charge in [0, 0.05) is 32.1 Å². The van der Waals surface area contributed by atoms with Crippen LogP contribution < -0.4 is 9.64 Å². The smallest absolute Gasteiger partial charge is 0.243 e. The first-order valence-corrected chi connectivity index (χ1v) is 15.1. The molecule has 0 N–H and O–H groups in total. The molecule has 1 saturated heterocycles. The van der Waals surface area contributed by atoms with Gasteiger partial charge in [-0.1, -0.05) is 48.9 Å². The van der Waals surface area contributed by atoms with E-state index in [9.17, 15) is 13.2 Å². The zero-order valence-corrected chi connectivity index (χ0v) is 23.6. The molecule has 4 rings (SSSR count). The number of fused-ring (bicyclic) bond motifs is 1. The Bertz CT molecular complexity index is 1310. The van der Waals surface area contributed by atoms with Gasteiger partial charge >= 0.3 is 0 Å². The highest BCUT2D eigenvalue weighted by Crippen LogP contribution is 2.35. The highest BCUT2D eigenvalue weighted by atomic mass is 32.2. The Morgan fingerprint density at radius 2 is 1.76 bits per heavy atom. The number of benzene rings is 2. The van der Waals surface area contributed by atoms with Crippen molar-refractivity contribution in [1.82, 2.24) is 14.2 Å². The second-order valence-electron chi connectivity index (χ2n) is 9.31. The van der Waals surface area contributed by atoms with Crippen molar-refractivity contribution < 1.29 is 17.9 Å². The van der Waals surface area contributed by atoms with Crippen LogP contribution in [0.3, 0.4) is 0 Å². The summed E-state index contributed by atoms with van der Waals surface area (Å²) in [6, 6.07) is 12.7. The van der Waals surface area contributed by atoms with Crippen molar-refractivity contribution in [3.8, 4) is 5.75 Å². The molecule has 0 bridgehead atoms. The number of aryl methyl sites for hydroxylation is 1. The number of likely N-dealkylation sites (N-methyl/N-ethyl adjacent to an activating group) is 1. The van der Waals surface area contributed by atoms with Crippen molar-refractivity contribution in [2.24, 2.45) is 5.92 Å². The van der Waals surface area contributed by atoms with Crippen LogP contribution in [0.15, 0.2) is 47.4 Å². The molecule has 1 aliphatic heterocycles. The number of rotatable bonds is 10. The van der Waals surface area contributed by atoms with Gasteiger partial charge in [-0.3, -0.25) is 9.69 Å². The summed E-state index contributed by atoms with van der Waals surface area (Å²) in [5.41, 5.74) is 1.77. The van der Waals surface area contributed by atoms with Gasteiger partial charge in [0.15, 0.2) is 5.13 Å². The zero-order valence-electron chi connectivity index (χ0n) is 22.0. The topological polar surface area (TPSA) is 83.0 Å². The molecular formula is C27H36N4O4S2. The minimum Gasteiger partial charge on any atom is -0.494 e. The van der Waals surface area contributed by atoms with Gasteiger partial charge in [0.05, 0.1) is 16.7 Å². The molecule has 0 radical (unpaired) electrons. The Kier molecular flexibility index (Phi) is 8.84. The van der Waals surface area contributed by atoms with Gasteiger partial charge in [-0.2, -0.15) is 4.31 Å². The molecular weight excluding hydrogens is 508 g/mol. The molecule has 0 saturated carbocycles. The van der Waals surface area contributed by atoms with Gasteiger partial charge in [0.1, 0.15) is 11.3 Å². The van der Waals surface area contributed by atoms with Gasteiger partial charge in [0.2, 0.25) is 15.9 Å². The number of carbonyl (C=O) groups excluding carboxylic acids is 1. The molecule has 3 aromatic rings. The van der Waals surface area contributed by atoms with Gasteiger partial charge in [0.25, 0.3) is 0 Å². The van der Waals surface area contributed by atoms with Crippen LogP contribution in [0.5, 0.6) is 5.75 Å². The van der Waals surface area contributed by atoms with E-state index in [1.165, 1.54) is 15.6 Å². The zero-order chi connectivity index (χ0) is 26.6. The van der Waals surface area contributed by atoms with E-state index in [4.69, 9.17) is 9.72 Å². The van der Waals surface area contributed by atoms with Crippen LogP contribution in [0.25, 0.3) is 10.2 Å². The Morgan fingerprint density at radius 1 is 1.08 bits per heavy atom. The summed E-state index contributed by atoms with van der Waals surface area (Å²) < 4.78 is 34.2. The number of piperidine rings is 1. The van der Waals surface area contributed by atoms with Crippen LogP contribution in [-0.4, -0.2) is 74.9 Å². The second-order valence-corrected chi connectivity index (χ2v) is 12.3. The number of carbonyl (C=O) groups is 1. The van der Waals surface area contributed by atoms with Crippen LogP contribution in [0.2, 0.25) is 0 Å². The maximum atomic E-state index is 13.9. The molecule has 0 aliphatic carbocycles. The number of anilines is 1. The molecule has 8 nitrogen and oxygen atoms in total. The van der Waals surface area contributed by atoms with Gasteiger partial charge in [-0.25, -0.2) is 13.4 Å². The van der Waals surface area contributed by atoms with Crippen molar-refractivity contribution in [2.45, 2.75) is 38.5 Å². The van der Waals surface area contributed by atoms with E-state index >= 15 is 0 Å². The van der Waals surface area contributed by atoms with E-state index in [1.54, 1.807) is 24.1 Å². The molecule has 1 aliphatic rings. The molecule has 1 aromatic heterocycles. The van der Waals surface area contributed by atoms with E-state index in [-0.39, 0.29) is 11.8 Å². The molecule has 1 fully saturated rings. The number of aromatic nitrogens is 1. The van der Waals surface area contributed by atoms with Crippen molar-refractivity contribution in [3.05, 3.63) is 48.0 Å². The van der Waals surface area contributed by atoms with E-state index in [0.717, 1.165) is 35.4 Å². The number of para-hydroxylation sites is 1. The number of methoxy groups -OCH3 is 1. The minimum atomic E-state index is -3.58. The largest absolute Gasteiger partial charge is 0.494 e. The average molecular weight is 545 g/mol. The van der Waals surface area contributed by atoms with E-state index in [1.807, 2.05) is 37.3 Å². The highest BCUT2D eigenvalue weighted by Gasteiger charge is 2.35. The monoisotopic (exact) mass is 544 g/mol. The summed E-state index contributed by atoms with van der Waals surface area (Å²) in [7, 11) is -1.96. The first-order valence-electron chi connectivity index (χ1n) is 12.8.